The maximum atomic E-state index is 5.98. The molecule has 2 aromatic carbocycles. The van der Waals surface area contributed by atoms with Crippen molar-refractivity contribution in [1.82, 2.24) is 5.32 Å². The average Bonchev–Trinajstić information content (AvgIpc) is 3.03. The molecule has 1 fully saturated rings. The van der Waals surface area contributed by atoms with E-state index in [0.717, 1.165) is 18.8 Å². The number of rotatable bonds is 3. The fraction of sp³-hybridized carbons (Fsp3) is 0.400. The topological polar surface area (TPSA) is 21.3 Å². The quantitative estimate of drug-likeness (QED) is 0.916. The largest absolute Gasteiger partial charge is 0.489 e. The van der Waals surface area contributed by atoms with Gasteiger partial charge in [0.2, 0.25) is 0 Å². The van der Waals surface area contributed by atoms with Crippen molar-refractivity contribution in [2.45, 2.75) is 44.2 Å². The number of benzene rings is 2. The highest BCUT2D eigenvalue weighted by molar-refractivity contribution is 5.43. The second-order valence-electron chi connectivity index (χ2n) is 6.68. The van der Waals surface area contributed by atoms with Gasteiger partial charge in [0.05, 0.1) is 0 Å². The van der Waals surface area contributed by atoms with Gasteiger partial charge in [0, 0.05) is 18.5 Å². The van der Waals surface area contributed by atoms with Gasteiger partial charge in [0.15, 0.2) is 0 Å². The fourth-order valence-corrected chi connectivity index (χ4v) is 4.09. The molecular formula is C20H23NO. The van der Waals surface area contributed by atoms with Gasteiger partial charge in [0.25, 0.3) is 0 Å². The first-order valence-corrected chi connectivity index (χ1v) is 8.37. The summed E-state index contributed by atoms with van der Waals surface area (Å²) in [5, 5.41) is 3.62. The third-order valence-electron chi connectivity index (χ3n) is 5.24. The standard InChI is InChI=1S/C20H23NO/c1-2-6-16(7-3-1)14-22-18-8-9-19-17(12-18)13-21-15-20(19)10-4-5-11-20/h1-3,6-9,12,21H,4-5,10-11,13-15H2. The van der Waals surface area contributed by atoms with Crippen LogP contribution in [0.25, 0.3) is 0 Å². The van der Waals surface area contributed by atoms with Crippen LogP contribution in [0.15, 0.2) is 48.5 Å². The molecule has 0 atom stereocenters. The molecule has 1 aliphatic carbocycles. The zero-order valence-electron chi connectivity index (χ0n) is 13.0. The van der Waals surface area contributed by atoms with Crippen molar-refractivity contribution in [3.05, 3.63) is 65.2 Å². The monoisotopic (exact) mass is 293 g/mol. The Morgan fingerprint density at radius 2 is 1.82 bits per heavy atom. The molecule has 2 aromatic rings. The van der Waals surface area contributed by atoms with Crippen LogP contribution in [0, 0.1) is 0 Å². The van der Waals surface area contributed by atoms with Crippen LogP contribution in [-0.2, 0) is 18.6 Å². The van der Waals surface area contributed by atoms with Gasteiger partial charge in [0.1, 0.15) is 12.4 Å². The summed E-state index contributed by atoms with van der Waals surface area (Å²) in [4.78, 5) is 0. The number of hydrogen-bond donors (Lipinski definition) is 1. The Labute approximate surface area is 132 Å². The molecule has 0 aromatic heterocycles. The minimum Gasteiger partial charge on any atom is -0.489 e. The lowest BCUT2D eigenvalue weighted by molar-refractivity contribution is 0.304. The minimum absolute atomic E-state index is 0.394. The number of ether oxygens (including phenoxy) is 1. The summed E-state index contributed by atoms with van der Waals surface area (Å²) in [5.74, 6) is 0.986. The SMILES string of the molecule is c1ccc(COc2ccc3c(c2)CNCC32CCCC2)cc1. The first kappa shape index (κ1) is 13.8. The average molecular weight is 293 g/mol. The van der Waals surface area contributed by atoms with E-state index in [0.29, 0.717) is 12.0 Å². The second kappa shape index (κ2) is 5.77. The molecule has 22 heavy (non-hydrogen) atoms. The summed E-state index contributed by atoms with van der Waals surface area (Å²) in [7, 11) is 0. The maximum Gasteiger partial charge on any atom is 0.120 e. The molecular weight excluding hydrogens is 270 g/mol. The molecule has 1 spiro atoms. The van der Waals surface area contributed by atoms with Crippen LogP contribution in [0.3, 0.4) is 0 Å². The van der Waals surface area contributed by atoms with Crippen LogP contribution in [-0.4, -0.2) is 6.54 Å². The third kappa shape index (κ3) is 2.52. The Morgan fingerprint density at radius 1 is 1.00 bits per heavy atom. The van der Waals surface area contributed by atoms with Crippen molar-refractivity contribution >= 4 is 0 Å². The molecule has 0 radical (unpaired) electrons. The second-order valence-corrected chi connectivity index (χ2v) is 6.68. The van der Waals surface area contributed by atoms with Gasteiger partial charge in [-0.2, -0.15) is 0 Å². The molecule has 2 aliphatic rings. The predicted octanol–water partition coefficient (Wildman–Crippen LogP) is 4.18. The Balaban J connectivity index is 1.54. The highest BCUT2D eigenvalue weighted by atomic mass is 16.5. The number of nitrogens with one attached hydrogen (secondary N) is 1. The summed E-state index contributed by atoms with van der Waals surface area (Å²) >= 11 is 0. The van der Waals surface area contributed by atoms with Crippen LogP contribution in [0.5, 0.6) is 5.75 Å². The van der Waals surface area contributed by atoms with Crippen LogP contribution >= 0.6 is 0 Å². The van der Waals surface area contributed by atoms with Crippen molar-refractivity contribution in [1.29, 1.82) is 0 Å². The van der Waals surface area contributed by atoms with Crippen LogP contribution in [0.2, 0.25) is 0 Å². The minimum atomic E-state index is 0.394. The van der Waals surface area contributed by atoms with E-state index in [2.05, 4.69) is 47.8 Å². The molecule has 1 heterocycles. The normalized spacial score (nSPS) is 19.1. The van der Waals surface area contributed by atoms with Crippen LogP contribution in [0.1, 0.15) is 42.4 Å². The summed E-state index contributed by atoms with van der Waals surface area (Å²) < 4.78 is 5.98. The summed E-state index contributed by atoms with van der Waals surface area (Å²) in [6.45, 7) is 2.75. The van der Waals surface area contributed by atoms with Gasteiger partial charge in [-0.05, 0) is 41.7 Å². The van der Waals surface area contributed by atoms with Crippen molar-refractivity contribution < 1.29 is 4.74 Å². The van der Waals surface area contributed by atoms with E-state index in [9.17, 15) is 0 Å². The summed E-state index contributed by atoms with van der Waals surface area (Å²) in [6.07, 6.45) is 5.40. The molecule has 0 saturated heterocycles. The molecule has 4 rings (SSSR count). The molecule has 114 valence electrons. The first-order chi connectivity index (χ1) is 10.9. The van der Waals surface area contributed by atoms with Gasteiger partial charge < -0.3 is 10.1 Å². The van der Waals surface area contributed by atoms with Gasteiger partial charge in [-0.15, -0.1) is 0 Å². The lowest BCUT2D eigenvalue weighted by atomic mass is 9.74. The molecule has 2 heteroatoms. The van der Waals surface area contributed by atoms with Gasteiger partial charge >= 0.3 is 0 Å². The molecule has 0 bridgehead atoms. The zero-order chi connectivity index (χ0) is 14.8. The van der Waals surface area contributed by atoms with Crippen LogP contribution < -0.4 is 10.1 Å². The van der Waals surface area contributed by atoms with E-state index in [1.165, 1.54) is 36.8 Å². The van der Waals surface area contributed by atoms with E-state index >= 15 is 0 Å². The highest BCUT2D eigenvalue weighted by Gasteiger charge is 2.38. The van der Waals surface area contributed by atoms with E-state index in [-0.39, 0.29) is 0 Å². The molecule has 0 amide bonds. The van der Waals surface area contributed by atoms with Gasteiger partial charge in [-0.1, -0.05) is 49.2 Å². The maximum absolute atomic E-state index is 5.98. The lowest BCUT2D eigenvalue weighted by Crippen LogP contribution is -2.41. The van der Waals surface area contributed by atoms with E-state index in [1.807, 2.05) is 6.07 Å². The van der Waals surface area contributed by atoms with Crippen molar-refractivity contribution in [3.8, 4) is 5.75 Å². The summed E-state index contributed by atoms with van der Waals surface area (Å²) in [5.41, 5.74) is 4.60. The molecule has 2 nitrogen and oxygen atoms in total. The summed E-state index contributed by atoms with van der Waals surface area (Å²) in [6, 6.07) is 17.1. The highest BCUT2D eigenvalue weighted by Crippen LogP contribution is 2.44. The van der Waals surface area contributed by atoms with Crippen molar-refractivity contribution in [2.24, 2.45) is 0 Å². The Hall–Kier alpha value is -1.80. The fourth-order valence-electron chi connectivity index (χ4n) is 4.09. The zero-order valence-corrected chi connectivity index (χ0v) is 13.0. The van der Waals surface area contributed by atoms with Crippen LogP contribution in [0.4, 0.5) is 0 Å². The number of fused-ring (bicyclic) bond motifs is 2. The molecule has 1 saturated carbocycles. The van der Waals surface area contributed by atoms with Gasteiger partial charge in [-0.3, -0.25) is 0 Å². The van der Waals surface area contributed by atoms with E-state index in [4.69, 9.17) is 4.74 Å². The van der Waals surface area contributed by atoms with Gasteiger partial charge in [-0.25, -0.2) is 0 Å². The van der Waals surface area contributed by atoms with E-state index in [1.54, 1.807) is 5.56 Å². The van der Waals surface area contributed by atoms with E-state index < -0.39 is 0 Å². The Kier molecular flexibility index (Phi) is 3.63. The Bertz CT molecular complexity index is 644. The Morgan fingerprint density at radius 3 is 2.64 bits per heavy atom. The lowest BCUT2D eigenvalue weighted by Gasteiger charge is -2.36. The third-order valence-corrected chi connectivity index (χ3v) is 5.24. The molecule has 0 unspecified atom stereocenters. The predicted molar refractivity (Wildman–Crippen MR) is 89.1 cm³/mol. The van der Waals surface area contributed by atoms with Crippen molar-refractivity contribution in [3.63, 3.8) is 0 Å². The number of hydrogen-bond acceptors (Lipinski definition) is 2. The first-order valence-electron chi connectivity index (χ1n) is 8.37. The smallest absolute Gasteiger partial charge is 0.120 e. The van der Waals surface area contributed by atoms with Crippen molar-refractivity contribution in [2.75, 3.05) is 6.54 Å². The molecule has 1 N–H and O–H groups in total. The molecule has 1 aliphatic heterocycles.